The zero-order valence-electron chi connectivity index (χ0n) is 16.8. The van der Waals surface area contributed by atoms with Crippen molar-refractivity contribution in [2.75, 3.05) is 13.1 Å². The lowest BCUT2D eigenvalue weighted by molar-refractivity contribution is -0.136. The predicted octanol–water partition coefficient (Wildman–Crippen LogP) is 2.83. The van der Waals surface area contributed by atoms with Crippen LogP contribution in [0.5, 0.6) is 0 Å². The van der Waals surface area contributed by atoms with Crippen molar-refractivity contribution in [3.8, 4) is 0 Å². The maximum atomic E-state index is 12.8. The molecule has 1 aromatic heterocycles. The van der Waals surface area contributed by atoms with Gasteiger partial charge in [-0.2, -0.15) is 4.98 Å². The zero-order valence-corrected chi connectivity index (χ0v) is 16.8. The van der Waals surface area contributed by atoms with Gasteiger partial charge in [-0.05, 0) is 46.0 Å². The Bertz CT molecular complexity index is 674. The first-order valence-corrected chi connectivity index (χ1v) is 10.1. The summed E-state index contributed by atoms with van der Waals surface area (Å²) >= 11 is 0. The number of hydrogen-bond donors (Lipinski definition) is 1. The van der Waals surface area contributed by atoms with Gasteiger partial charge in [0.2, 0.25) is 11.8 Å². The molecule has 8 nitrogen and oxygen atoms in total. The van der Waals surface area contributed by atoms with Crippen LogP contribution in [0, 0.1) is 0 Å². The molecule has 0 bridgehead atoms. The van der Waals surface area contributed by atoms with Crippen molar-refractivity contribution >= 4 is 11.9 Å². The zero-order chi connectivity index (χ0) is 19.6. The van der Waals surface area contributed by atoms with Gasteiger partial charge in [0.25, 0.3) is 0 Å². The number of hydrogen-bond acceptors (Lipinski definition) is 5. The Balaban J connectivity index is 1.62. The first-order chi connectivity index (χ1) is 12.9. The Morgan fingerprint density at radius 3 is 2.52 bits per heavy atom. The van der Waals surface area contributed by atoms with E-state index in [-0.39, 0.29) is 29.9 Å². The number of nitrogens with one attached hydrogen (secondary N) is 1. The minimum atomic E-state index is -0.546. The molecule has 2 aliphatic heterocycles. The molecule has 0 aliphatic carbocycles. The van der Waals surface area contributed by atoms with E-state index >= 15 is 0 Å². The summed E-state index contributed by atoms with van der Waals surface area (Å²) in [6, 6.07) is -0.744. The third-order valence-electron chi connectivity index (χ3n) is 5.56. The molecule has 3 atom stereocenters. The lowest BCUT2D eigenvalue weighted by atomic mass is 10.0. The van der Waals surface area contributed by atoms with E-state index in [4.69, 9.17) is 4.52 Å². The van der Waals surface area contributed by atoms with Crippen LogP contribution in [0.2, 0.25) is 0 Å². The molecular weight excluding hydrogens is 346 g/mol. The molecule has 0 saturated carbocycles. The average molecular weight is 377 g/mol. The second kappa shape index (κ2) is 8.27. The van der Waals surface area contributed by atoms with Gasteiger partial charge in [0.05, 0.1) is 6.04 Å². The molecule has 0 spiro atoms. The first-order valence-electron chi connectivity index (χ1n) is 10.1. The third kappa shape index (κ3) is 4.25. The average Bonchev–Trinajstić information content (AvgIpc) is 3.30. The molecule has 2 aliphatic rings. The van der Waals surface area contributed by atoms with Crippen LogP contribution in [-0.2, 0) is 4.79 Å². The summed E-state index contributed by atoms with van der Waals surface area (Å²) in [5, 5.41) is 6.95. The second-order valence-corrected chi connectivity index (χ2v) is 8.04. The van der Waals surface area contributed by atoms with E-state index < -0.39 is 6.04 Å². The fourth-order valence-corrected chi connectivity index (χ4v) is 3.90. The number of rotatable bonds is 4. The summed E-state index contributed by atoms with van der Waals surface area (Å²) in [5.74, 6) is 1.28. The number of urea groups is 1. The summed E-state index contributed by atoms with van der Waals surface area (Å²) in [7, 11) is 0. The van der Waals surface area contributed by atoms with E-state index in [0.717, 1.165) is 38.6 Å². The van der Waals surface area contributed by atoms with Crippen LogP contribution < -0.4 is 5.32 Å². The largest absolute Gasteiger partial charge is 0.339 e. The molecule has 1 N–H and O–H groups in total. The first kappa shape index (κ1) is 19.6. The minimum absolute atomic E-state index is 0.00653. The minimum Gasteiger partial charge on any atom is -0.339 e. The summed E-state index contributed by atoms with van der Waals surface area (Å²) in [5.41, 5.74) is 0. The quantitative estimate of drug-likeness (QED) is 0.871. The fourth-order valence-electron chi connectivity index (χ4n) is 3.90. The monoisotopic (exact) mass is 377 g/mol. The van der Waals surface area contributed by atoms with Gasteiger partial charge in [-0.15, -0.1) is 0 Å². The fraction of sp³-hybridized carbons (Fsp3) is 0.789. The lowest BCUT2D eigenvalue weighted by Gasteiger charge is -2.35. The SMILES string of the molecule is CC(NC(=O)N1CCCC1c1noc(C(C)C)n1)C(=O)N1CCCCC1C. The Labute approximate surface area is 160 Å². The highest BCUT2D eigenvalue weighted by atomic mass is 16.5. The number of amides is 3. The Hall–Kier alpha value is -2.12. The molecule has 150 valence electrons. The maximum Gasteiger partial charge on any atom is 0.318 e. The number of aromatic nitrogens is 2. The topological polar surface area (TPSA) is 91.6 Å². The predicted molar refractivity (Wildman–Crippen MR) is 100 cm³/mol. The van der Waals surface area contributed by atoms with Gasteiger partial charge in [-0.1, -0.05) is 19.0 Å². The van der Waals surface area contributed by atoms with Gasteiger partial charge < -0.3 is 19.6 Å². The van der Waals surface area contributed by atoms with Crippen LogP contribution in [0.1, 0.15) is 83.5 Å². The molecule has 3 unspecified atom stereocenters. The summed E-state index contributed by atoms with van der Waals surface area (Å²) in [6.07, 6.45) is 4.90. The van der Waals surface area contributed by atoms with E-state index in [1.165, 1.54) is 0 Å². The van der Waals surface area contributed by atoms with Crippen LogP contribution in [0.15, 0.2) is 4.52 Å². The van der Waals surface area contributed by atoms with Crippen molar-refractivity contribution < 1.29 is 14.1 Å². The molecule has 27 heavy (non-hydrogen) atoms. The highest BCUT2D eigenvalue weighted by Crippen LogP contribution is 2.31. The smallest absolute Gasteiger partial charge is 0.318 e. The van der Waals surface area contributed by atoms with Crippen molar-refractivity contribution in [1.29, 1.82) is 0 Å². The summed E-state index contributed by atoms with van der Waals surface area (Å²) in [6.45, 7) is 9.22. The van der Waals surface area contributed by atoms with E-state index in [0.29, 0.717) is 18.3 Å². The van der Waals surface area contributed by atoms with Crippen LogP contribution in [0.3, 0.4) is 0 Å². The molecule has 2 saturated heterocycles. The van der Waals surface area contributed by atoms with Gasteiger partial charge >= 0.3 is 6.03 Å². The van der Waals surface area contributed by atoms with Gasteiger partial charge in [0.15, 0.2) is 5.82 Å². The number of carbonyl (C=O) groups excluding carboxylic acids is 2. The standard InChI is InChI=1S/C19H31N5O3/c1-12(2)17-21-16(22-27-17)15-9-7-11-24(15)19(26)20-14(4)18(25)23-10-6-5-8-13(23)3/h12-15H,5-11H2,1-4H3,(H,20,26). The number of piperidine rings is 1. The number of nitrogens with zero attached hydrogens (tertiary/aromatic N) is 4. The van der Waals surface area contributed by atoms with Crippen molar-refractivity contribution in [2.24, 2.45) is 0 Å². The molecular formula is C19H31N5O3. The number of likely N-dealkylation sites (tertiary alicyclic amines) is 2. The molecule has 0 radical (unpaired) electrons. The summed E-state index contributed by atoms with van der Waals surface area (Å²) in [4.78, 5) is 33.6. The van der Waals surface area contributed by atoms with Gasteiger partial charge in [0, 0.05) is 25.0 Å². The van der Waals surface area contributed by atoms with Crippen LogP contribution in [0.25, 0.3) is 0 Å². The van der Waals surface area contributed by atoms with E-state index in [1.807, 2.05) is 18.7 Å². The molecule has 2 fully saturated rings. The molecule has 3 heterocycles. The third-order valence-corrected chi connectivity index (χ3v) is 5.56. The van der Waals surface area contributed by atoms with E-state index in [1.54, 1.807) is 11.8 Å². The molecule has 3 rings (SSSR count). The Morgan fingerprint density at radius 1 is 1.11 bits per heavy atom. The Morgan fingerprint density at radius 2 is 1.85 bits per heavy atom. The highest BCUT2D eigenvalue weighted by Gasteiger charge is 2.35. The molecule has 3 amide bonds. The second-order valence-electron chi connectivity index (χ2n) is 8.04. The van der Waals surface area contributed by atoms with Crippen LogP contribution in [0.4, 0.5) is 4.79 Å². The molecule has 1 aromatic rings. The molecule has 0 aromatic carbocycles. The maximum absolute atomic E-state index is 12.8. The van der Waals surface area contributed by atoms with Crippen molar-refractivity contribution in [3.63, 3.8) is 0 Å². The van der Waals surface area contributed by atoms with Crippen molar-refractivity contribution in [1.82, 2.24) is 25.3 Å². The number of carbonyl (C=O) groups is 2. The highest BCUT2D eigenvalue weighted by molar-refractivity contribution is 5.87. The normalized spacial score (nSPS) is 24.3. The van der Waals surface area contributed by atoms with Gasteiger partial charge in [0.1, 0.15) is 6.04 Å². The van der Waals surface area contributed by atoms with E-state index in [2.05, 4.69) is 22.4 Å². The van der Waals surface area contributed by atoms with Crippen LogP contribution in [-0.4, -0.2) is 57.1 Å². The summed E-state index contributed by atoms with van der Waals surface area (Å²) < 4.78 is 5.30. The van der Waals surface area contributed by atoms with E-state index in [9.17, 15) is 9.59 Å². The lowest BCUT2D eigenvalue weighted by Crippen LogP contribution is -2.53. The van der Waals surface area contributed by atoms with Gasteiger partial charge in [-0.25, -0.2) is 4.79 Å². The van der Waals surface area contributed by atoms with Crippen molar-refractivity contribution in [2.45, 2.75) is 83.8 Å². The Kier molecular flexibility index (Phi) is 6.01. The van der Waals surface area contributed by atoms with Crippen molar-refractivity contribution in [3.05, 3.63) is 11.7 Å². The molecule has 8 heteroatoms. The van der Waals surface area contributed by atoms with Gasteiger partial charge in [-0.3, -0.25) is 4.79 Å². The van der Waals surface area contributed by atoms with Crippen LogP contribution >= 0.6 is 0 Å².